The third kappa shape index (κ3) is 5.44. The Labute approximate surface area is 139 Å². The Balaban J connectivity index is 1.85. The molecule has 0 saturated heterocycles. The molecule has 21 heavy (non-hydrogen) atoms. The predicted octanol–water partition coefficient (Wildman–Crippen LogP) is 4.50. The summed E-state index contributed by atoms with van der Waals surface area (Å²) in [5, 5.41) is 0.785. The normalized spacial score (nSPS) is 12.3. The summed E-state index contributed by atoms with van der Waals surface area (Å²) >= 11 is 9.68. The van der Waals surface area contributed by atoms with Gasteiger partial charge in [-0.3, -0.25) is 11.3 Å². The predicted molar refractivity (Wildman–Crippen MR) is 93.3 cm³/mol. The van der Waals surface area contributed by atoms with Crippen molar-refractivity contribution in [3.05, 3.63) is 69.2 Å². The van der Waals surface area contributed by atoms with Gasteiger partial charge in [-0.05, 0) is 48.9 Å². The van der Waals surface area contributed by atoms with E-state index in [1.54, 1.807) is 0 Å². The van der Waals surface area contributed by atoms with E-state index < -0.39 is 0 Å². The van der Waals surface area contributed by atoms with Crippen molar-refractivity contribution in [1.29, 1.82) is 0 Å². The molecule has 2 rings (SSSR count). The van der Waals surface area contributed by atoms with Crippen molar-refractivity contribution in [2.45, 2.75) is 31.7 Å². The molecule has 0 aliphatic heterocycles. The molecule has 2 aromatic carbocycles. The van der Waals surface area contributed by atoms with E-state index in [-0.39, 0.29) is 6.04 Å². The van der Waals surface area contributed by atoms with Gasteiger partial charge in [0.1, 0.15) is 0 Å². The van der Waals surface area contributed by atoms with E-state index in [0.717, 1.165) is 40.7 Å². The van der Waals surface area contributed by atoms with Crippen molar-refractivity contribution in [2.24, 2.45) is 5.84 Å². The molecular weight excluding hydrogens is 348 g/mol. The van der Waals surface area contributed by atoms with Gasteiger partial charge >= 0.3 is 0 Å². The Morgan fingerprint density at radius 3 is 2.57 bits per heavy atom. The summed E-state index contributed by atoms with van der Waals surface area (Å²) in [6, 6.07) is 16.8. The summed E-state index contributed by atoms with van der Waals surface area (Å²) in [7, 11) is 0. The molecule has 1 unspecified atom stereocenters. The van der Waals surface area contributed by atoms with Crippen LogP contribution in [-0.4, -0.2) is 6.04 Å². The maximum atomic E-state index is 6.26. The Morgan fingerprint density at radius 1 is 1.14 bits per heavy atom. The van der Waals surface area contributed by atoms with Gasteiger partial charge < -0.3 is 0 Å². The van der Waals surface area contributed by atoms with Gasteiger partial charge in [-0.15, -0.1) is 0 Å². The fourth-order valence-corrected chi connectivity index (χ4v) is 3.14. The third-order valence-electron chi connectivity index (χ3n) is 3.58. The number of rotatable bonds is 7. The lowest BCUT2D eigenvalue weighted by molar-refractivity contribution is 0.476. The van der Waals surface area contributed by atoms with Crippen LogP contribution in [0.15, 0.2) is 53.0 Å². The lowest BCUT2D eigenvalue weighted by Crippen LogP contribution is -2.36. The van der Waals surface area contributed by atoms with E-state index >= 15 is 0 Å². The molecule has 0 aromatic heterocycles. The molecule has 2 aromatic rings. The van der Waals surface area contributed by atoms with Gasteiger partial charge in [0.15, 0.2) is 0 Å². The average Bonchev–Trinajstić information content (AvgIpc) is 2.49. The maximum Gasteiger partial charge on any atom is 0.0449 e. The molecule has 0 heterocycles. The van der Waals surface area contributed by atoms with E-state index in [2.05, 4.69) is 45.6 Å². The molecule has 112 valence electrons. The summed E-state index contributed by atoms with van der Waals surface area (Å²) in [4.78, 5) is 0. The first-order valence-corrected chi connectivity index (χ1v) is 8.30. The summed E-state index contributed by atoms with van der Waals surface area (Å²) < 4.78 is 0.998. The van der Waals surface area contributed by atoms with Gasteiger partial charge in [0, 0.05) is 15.5 Å². The van der Waals surface area contributed by atoms with E-state index in [9.17, 15) is 0 Å². The largest absolute Gasteiger partial charge is 0.271 e. The van der Waals surface area contributed by atoms with E-state index in [0.29, 0.717) is 0 Å². The smallest absolute Gasteiger partial charge is 0.0449 e. The highest BCUT2D eigenvalue weighted by Crippen LogP contribution is 2.23. The highest BCUT2D eigenvalue weighted by Gasteiger charge is 2.10. The second kappa shape index (κ2) is 8.54. The highest BCUT2D eigenvalue weighted by molar-refractivity contribution is 9.10. The monoisotopic (exact) mass is 366 g/mol. The van der Waals surface area contributed by atoms with Crippen molar-refractivity contribution in [3.63, 3.8) is 0 Å². The average molecular weight is 368 g/mol. The van der Waals surface area contributed by atoms with Crippen molar-refractivity contribution >= 4 is 27.5 Å². The molecule has 0 aliphatic rings. The Hall–Kier alpha value is -0.870. The van der Waals surface area contributed by atoms with Crippen molar-refractivity contribution in [3.8, 4) is 0 Å². The minimum absolute atomic E-state index is 0.243. The summed E-state index contributed by atoms with van der Waals surface area (Å²) in [6.45, 7) is 0. The van der Waals surface area contributed by atoms with Crippen molar-refractivity contribution in [1.82, 2.24) is 5.43 Å². The number of nitrogens with two attached hydrogens (primary N) is 1. The molecule has 0 aliphatic carbocycles. The molecule has 0 radical (unpaired) electrons. The second-order valence-electron chi connectivity index (χ2n) is 5.18. The Bertz CT molecular complexity index is 560. The zero-order valence-corrected chi connectivity index (χ0v) is 14.2. The van der Waals surface area contributed by atoms with E-state index in [1.165, 1.54) is 5.56 Å². The summed E-state index contributed by atoms with van der Waals surface area (Å²) in [6.07, 6.45) is 4.05. The van der Waals surface area contributed by atoms with Crippen LogP contribution in [0.5, 0.6) is 0 Å². The van der Waals surface area contributed by atoms with Crippen molar-refractivity contribution < 1.29 is 0 Å². The Morgan fingerprint density at radius 2 is 1.90 bits per heavy atom. The van der Waals surface area contributed by atoms with Crippen LogP contribution in [0.3, 0.4) is 0 Å². The first-order valence-electron chi connectivity index (χ1n) is 7.13. The van der Waals surface area contributed by atoms with Gasteiger partial charge in [-0.2, -0.15) is 0 Å². The number of nitrogens with one attached hydrogen (secondary N) is 1. The molecule has 1 atom stereocenters. The molecule has 0 saturated carbocycles. The van der Waals surface area contributed by atoms with Gasteiger partial charge in [0.25, 0.3) is 0 Å². The fraction of sp³-hybridized carbons (Fsp3) is 0.294. The summed E-state index contributed by atoms with van der Waals surface area (Å²) in [5.74, 6) is 5.68. The number of hydrogen-bond donors (Lipinski definition) is 2. The number of hydrogen-bond acceptors (Lipinski definition) is 2. The first kappa shape index (κ1) is 16.5. The topological polar surface area (TPSA) is 38.0 Å². The molecule has 0 fully saturated rings. The van der Waals surface area contributed by atoms with Crippen LogP contribution >= 0.6 is 27.5 Å². The fourth-order valence-electron chi connectivity index (χ4n) is 2.39. The molecule has 2 nitrogen and oxygen atoms in total. The maximum absolute atomic E-state index is 6.26. The summed E-state index contributed by atoms with van der Waals surface area (Å²) in [5.41, 5.74) is 5.41. The lowest BCUT2D eigenvalue weighted by Gasteiger charge is -2.17. The standard InChI is InChI=1S/C17H20BrClN2/c18-15-10-9-14(17(19)12-15)11-16(21-20)8-4-7-13-5-2-1-3-6-13/h1-3,5-6,9-10,12,16,21H,4,7-8,11,20H2. The van der Waals surface area contributed by atoms with Crippen molar-refractivity contribution in [2.75, 3.05) is 0 Å². The van der Waals surface area contributed by atoms with Gasteiger partial charge in [0.05, 0.1) is 0 Å². The van der Waals surface area contributed by atoms with Crippen LogP contribution in [0.4, 0.5) is 0 Å². The molecule has 4 heteroatoms. The van der Waals surface area contributed by atoms with Gasteiger partial charge in [-0.1, -0.05) is 63.9 Å². The van der Waals surface area contributed by atoms with E-state index in [4.69, 9.17) is 17.4 Å². The SMILES string of the molecule is NNC(CCCc1ccccc1)Cc1ccc(Br)cc1Cl. The van der Waals surface area contributed by atoms with Crippen LogP contribution in [0, 0.1) is 0 Å². The first-order chi connectivity index (χ1) is 10.2. The second-order valence-corrected chi connectivity index (χ2v) is 6.50. The van der Waals surface area contributed by atoms with Gasteiger partial charge in [0.2, 0.25) is 0 Å². The van der Waals surface area contributed by atoms with Gasteiger partial charge in [-0.25, -0.2) is 0 Å². The zero-order valence-electron chi connectivity index (χ0n) is 11.9. The molecule has 0 amide bonds. The minimum atomic E-state index is 0.243. The van der Waals surface area contributed by atoms with Crippen LogP contribution in [0.25, 0.3) is 0 Å². The molecular formula is C17H20BrClN2. The Kier molecular flexibility index (Phi) is 6.71. The quantitative estimate of drug-likeness (QED) is 0.558. The van der Waals surface area contributed by atoms with Crippen LogP contribution in [0.2, 0.25) is 5.02 Å². The van der Waals surface area contributed by atoms with Crippen LogP contribution in [-0.2, 0) is 12.8 Å². The lowest BCUT2D eigenvalue weighted by atomic mass is 9.99. The molecule has 0 spiro atoms. The number of halogens is 2. The van der Waals surface area contributed by atoms with Crippen LogP contribution in [0.1, 0.15) is 24.0 Å². The molecule has 3 N–H and O–H groups in total. The number of hydrazine groups is 1. The number of aryl methyl sites for hydroxylation is 1. The third-order valence-corrected chi connectivity index (χ3v) is 4.42. The number of benzene rings is 2. The minimum Gasteiger partial charge on any atom is -0.271 e. The van der Waals surface area contributed by atoms with Crippen LogP contribution < -0.4 is 11.3 Å². The zero-order chi connectivity index (χ0) is 15.1. The highest BCUT2D eigenvalue weighted by atomic mass is 79.9. The molecule has 0 bridgehead atoms. The van der Waals surface area contributed by atoms with E-state index in [1.807, 2.05) is 24.3 Å².